The largest absolute Gasteiger partial charge is 0.493 e. The first-order valence-electron chi connectivity index (χ1n) is 6.16. The van der Waals surface area contributed by atoms with Crippen LogP contribution in [0.25, 0.3) is 11.6 Å². The number of allylic oxidation sites excluding steroid dienone is 1. The van der Waals surface area contributed by atoms with Crippen LogP contribution in [0.3, 0.4) is 0 Å². The predicted octanol–water partition coefficient (Wildman–Crippen LogP) is 3.27. The fourth-order valence-electron chi connectivity index (χ4n) is 1.92. The highest BCUT2D eigenvalue weighted by molar-refractivity contribution is 5.92. The summed E-state index contributed by atoms with van der Waals surface area (Å²) >= 11 is 0. The van der Waals surface area contributed by atoms with E-state index in [1.807, 2.05) is 6.07 Å². The van der Waals surface area contributed by atoms with Crippen molar-refractivity contribution in [3.05, 3.63) is 52.0 Å². The Bertz CT molecular complexity index is 757. The van der Waals surface area contributed by atoms with E-state index in [9.17, 15) is 15.4 Å². The molecule has 2 rings (SSSR count). The number of ether oxygens (including phenoxy) is 2. The second kappa shape index (κ2) is 6.45. The Hall–Kier alpha value is -3.27. The Kier molecular flexibility index (Phi) is 4.44. The highest BCUT2D eigenvalue weighted by Crippen LogP contribution is 2.38. The molecular formula is C15H12N2O5. The van der Waals surface area contributed by atoms with Gasteiger partial charge in [-0.25, -0.2) is 0 Å². The van der Waals surface area contributed by atoms with E-state index in [4.69, 9.17) is 13.9 Å². The number of hydrogen-bond acceptors (Lipinski definition) is 6. The number of methoxy groups -OCH3 is 2. The van der Waals surface area contributed by atoms with Gasteiger partial charge in [0.15, 0.2) is 11.5 Å². The van der Waals surface area contributed by atoms with Crippen LogP contribution in [0, 0.1) is 21.4 Å². The molecule has 0 fully saturated rings. The van der Waals surface area contributed by atoms with Crippen LogP contribution in [0.5, 0.6) is 11.5 Å². The number of benzene rings is 1. The summed E-state index contributed by atoms with van der Waals surface area (Å²) in [7, 11) is 2.79. The van der Waals surface area contributed by atoms with Crippen molar-refractivity contribution in [3.63, 3.8) is 0 Å². The van der Waals surface area contributed by atoms with Gasteiger partial charge in [0, 0.05) is 0 Å². The zero-order valence-corrected chi connectivity index (χ0v) is 11.9. The van der Waals surface area contributed by atoms with Crippen molar-refractivity contribution in [3.8, 4) is 17.6 Å². The molecule has 0 radical (unpaired) electrons. The van der Waals surface area contributed by atoms with E-state index in [0.717, 1.165) is 0 Å². The maximum atomic E-state index is 11.3. The summed E-state index contributed by atoms with van der Waals surface area (Å²) in [5.74, 6) is 0.928. The molecule has 0 saturated carbocycles. The summed E-state index contributed by atoms with van der Waals surface area (Å²) in [6.45, 7) is 0. The van der Waals surface area contributed by atoms with Gasteiger partial charge in [-0.1, -0.05) is 0 Å². The molecule has 1 aromatic carbocycles. The molecule has 0 N–H and O–H groups in total. The van der Waals surface area contributed by atoms with Crippen LogP contribution < -0.4 is 9.47 Å². The van der Waals surface area contributed by atoms with Gasteiger partial charge in [-0.15, -0.1) is 0 Å². The first-order chi connectivity index (χ1) is 10.6. The summed E-state index contributed by atoms with van der Waals surface area (Å²) < 4.78 is 15.3. The van der Waals surface area contributed by atoms with Gasteiger partial charge in [-0.05, 0) is 24.3 Å². The van der Waals surface area contributed by atoms with E-state index in [0.29, 0.717) is 11.5 Å². The number of nitrogens with zero attached hydrogens (tertiary/aromatic N) is 2. The van der Waals surface area contributed by atoms with Gasteiger partial charge in [0.05, 0.1) is 42.6 Å². The van der Waals surface area contributed by atoms with Crippen LogP contribution in [0.2, 0.25) is 0 Å². The van der Waals surface area contributed by atoms with Crippen molar-refractivity contribution in [1.29, 1.82) is 5.26 Å². The van der Waals surface area contributed by atoms with Gasteiger partial charge in [-0.2, -0.15) is 5.26 Å². The number of rotatable bonds is 5. The minimum absolute atomic E-state index is 0.0857. The molecular weight excluding hydrogens is 288 g/mol. The van der Waals surface area contributed by atoms with E-state index in [1.165, 1.54) is 38.7 Å². The number of nitro groups is 1. The van der Waals surface area contributed by atoms with Crippen molar-refractivity contribution < 1.29 is 18.8 Å². The molecule has 112 valence electrons. The van der Waals surface area contributed by atoms with Crippen molar-refractivity contribution >= 4 is 17.3 Å². The molecule has 2 aromatic rings. The molecule has 0 aliphatic carbocycles. The Morgan fingerprint density at radius 2 is 2.05 bits per heavy atom. The Balaban J connectivity index is 2.66. The zero-order chi connectivity index (χ0) is 16.1. The third-order valence-corrected chi connectivity index (χ3v) is 2.94. The maximum absolute atomic E-state index is 11.3. The summed E-state index contributed by atoms with van der Waals surface area (Å²) in [5, 5.41) is 20.6. The molecule has 0 aliphatic rings. The number of furan rings is 1. The van der Waals surface area contributed by atoms with E-state index >= 15 is 0 Å². The molecule has 0 aliphatic heterocycles. The SMILES string of the molecule is COc1cc(/C(C#N)=C/c2ccco2)c([N+](=O)[O-])cc1OC. The van der Waals surface area contributed by atoms with E-state index in [1.54, 1.807) is 12.1 Å². The Morgan fingerprint density at radius 1 is 1.36 bits per heavy atom. The first-order valence-corrected chi connectivity index (χ1v) is 6.16. The highest BCUT2D eigenvalue weighted by Gasteiger charge is 2.22. The van der Waals surface area contributed by atoms with E-state index in [2.05, 4.69) is 0 Å². The molecule has 0 unspecified atom stereocenters. The third kappa shape index (κ3) is 2.91. The van der Waals surface area contributed by atoms with E-state index in [-0.39, 0.29) is 22.6 Å². The van der Waals surface area contributed by atoms with Gasteiger partial charge in [0.1, 0.15) is 11.8 Å². The van der Waals surface area contributed by atoms with Crippen molar-refractivity contribution in [2.24, 2.45) is 0 Å². The fraction of sp³-hybridized carbons (Fsp3) is 0.133. The zero-order valence-electron chi connectivity index (χ0n) is 11.9. The monoisotopic (exact) mass is 300 g/mol. The number of nitro benzene ring substituents is 1. The molecule has 1 heterocycles. The molecule has 0 amide bonds. The second-order valence-corrected chi connectivity index (χ2v) is 4.17. The molecule has 0 atom stereocenters. The average molecular weight is 300 g/mol. The maximum Gasteiger partial charge on any atom is 0.281 e. The first kappa shape index (κ1) is 15.1. The lowest BCUT2D eigenvalue weighted by molar-refractivity contribution is -0.385. The minimum atomic E-state index is -0.579. The molecule has 0 bridgehead atoms. The summed E-state index contributed by atoms with van der Waals surface area (Å²) in [4.78, 5) is 10.7. The summed E-state index contributed by atoms with van der Waals surface area (Å²) in [5.41, 5.74) is -0.0406. The summed E-state index contributed by atoms with van der Waals surface area (Å²) in [6, 6.07) is 7.86. The molecule has 0 saturated heterocycles. The van der Waals surface area contributed by atoms with Crippen LogP contribution in [-0.4, -0.2) is 19.1 Å². The second-order valence-electron chi connectivity index (χ2n) is 4.17. The molecule has 7 nitrogen and oxygen atoms in total. The van der Waals surface area contributed by atoms with Crippen LogP contribution in [0.15, 0.2) is 34.9 Å². The lowest BCUT2D eigenvalue weighted by atomic mass is 10.0. The highest BCUT2D eigenvalue weighted by atomic mass is 16.6. The van der Waals surface area contributed by atoms with Crippen LogP contribution >= 0.6 is 0 Å². The van der Waals surface area contributed by atoms with Crippen LogP contribution in [-0.2, 0) is 0 Å². The lowest BCUT2D eigenvalue weighted by Crippen LogP contribution is -1.98. The normalized spacial score (nSPS) is 10.9. The van der Waals surface area contributed by atoms with Gasteiger partial charge >= 0.3 is 0 Å². The van der Waals surface area contributed by atoms with Gasteiger partial charge in [-0.3, -0.25) is 10.1 Å². The predicted molar refractivity (Wildman–Crippen MR) is 78.4 cm³/mol. The standard InChI is InChI=1S/C15H12N2O5/c1-20-14-7-12(13(17(18)19)8-15(14)21-2)10(9-16)6-11-4-3-5-22-11/h3-8H,1-2H3/b10-6+. The molecule has 7 heteroatoms. The van der Waals surface area contributed by atoms with Crippen molar-refractivity contribution in [2.75, 3.05) is 14.2 Å². The Labute approximate surface area is 126 Å². The van der Waals surface area contributed by atoms with Gasteiger partial charge in [0.25, 0.3) is 5.69 Å². The quantitative estimate of drug-likeness (QED) is 0.477. The van der Waals surface area contributed by atoms with Crippen LogP contribution in [0.4, 0.5) is 5.69 Å². The fourth-order valence-corrected chi connectivity index (χ4v) is 1.92. The Morgan fingerprint density at radius 3 is 2.55 bits per heavy atom. The number of nitriles is 1. The lowest BCUT2D eigenvalue weighted by Gasteiger charge is -2.10. The van der Waals surface area contributed by atoms with E-state index < -0.39 is 4.92 Å². The van der Waals surface area contributed by atoms with Crippen molar-refractivity contribution in [1.82, 2.24) is 0 Å². The molecule has 1 aromatic heterocycles. The van der Waals surface area contributed by atoms with Crippen LogP contribution in [0.1, 0.15) is 11.3 Å². The number of hydrogen-bond donors (Lipinski definition) is 0. The van der Waals surface area contributed by atoms with Gasteiger partial charge in [0.2, 0.25) is 0 Å². The molecule has 22 heavy (non-hydrogen) atoms. The average Bonchev–Trinajstić information content (AvgIpc) is 3.04. The minimum Gasteiger partial charge on any atom is -0.493 e. The smallest absolute Gasteiger partial charge is 0.281 e. The third-order valence-electron chi connectivity index (χ3n) is 2.94. The molecule has 0 spiro atoms. The summed E-state index contributed by atoms with van der Waals surface area (Å²) in [6.07, 6.45) is 2.87. The topological polar surface area (TPSA) is 98.5 Å². The van der Waals surface area contributed by atoms with Gasteiger partial charge < -0.3 is 13.9 Å². The van der Waals surface area contributed by atoms with Crippen molar-refractivity contribution in [2.45, 2.75) is 0 Å².